The summed E-state index contributed by atoms with van der Waals surface area (Å²) in [7, 11) is 0. The summed E-state index contributed by atoms with van der Waals surface area (Å²) in [4.78, 5) is 12.2. The van der Waals surface area contributed by atoms with Gasteiger partial charge in [0, 0.05) is 6.42 Å². The second kappa shape index (κ2) is 9.80. The van der Waals surface area contributed by atoms with E-state index in [1.54, 1.807) is 18.2 Å². The number of amides is 1. The fraction of sp³-hybridized carbons (Fsp3) is 0.381. The first-order valence-corrected chi connectivity index (χ1v) is 8.97. The molecule has 0 spiro atoms. The molecule has 0 fully saturated rings. The number of halogens is 1. The van der Waals surface area contributed by atoms with Crippen LogP contribution in [0, 0.1) is 5.82 Å². The average Bonchev–Trinajstić information content (AvgIpc) is 2.63. The molecule has 2 aromatic rings. The van der Waals surface area contributed by atoms with E-state index in [-0.39, 0.29) is 24.2 Å². The van der Waals surface area contributed by atoms with Gasteiger partial charge in [-0.25, -0.2) is 4.39 Å². The number of hydrogen-bond donors (Lipinski definition) is 1. The number of ether oxygens (including phenoxy) is 2. The van der Waals surface area contributed by atoms with Crippen molar-refractivity contribution >= 4 is 5.91 Å². The molecule has 0 bridgehead atoms. The van der Waals surface area contributed by atoms with E-state index in [4.69, 9.17) is 9.47 Å². The molecule has 0 aliphatic heterocycles. The van der Waals surface area contributed by atoms with Gasteiger partial charge in [0.25, 0.3) is 0 Å². The Morgan fingerprint density at radius 3 is 2.46 bits per heavy atom. The Hall–Kier alpha value is -2.56. The van der Waals surface area contributed by atoms with Gasteiger partial charge in [0.15, 0.2) is 11.5 Å². The van der Waals surface area contributed by atoms with Crippen molar-refractivity contribution in [3.05, 3.63) is 59.4 Å². The Kier molecular flexibility index (Phi) is 7.45. The van der Waals surface area contributed by atoms with Gasteiger partial charge in [-0.15, -0.1) is 0 Å². The normalized spacial score (nSPS) is 11.7. The first-order valence-electron chi connectivity index (χ1n) is 8.97. The van der Waals surface area contributed by atoms with Crippen molar-refractivity contribution in [3.8, 4) is 11.5 Å². The zero-order chi connectivity index (χ0) is 18.9. The quantitative estimate of drug-likeness (QED) is 0.720. The summed E-state index contributed by atoms with van der Waals surface area (Å²) < 4.78 is 24.8. The van der Waals surface area contributed by atoms with Crippen molar-refractivity contribution in [2.45, 2.75) is 39.7 Å². The summed E-state index contributed by atoms with van der Waals surface area (Å²) in [6.07, 6.45) is 0.610. The van der Waals surface area contributed by atoms with Gasteiger partial charge in [0.2, 0.25) is 5.91 Å². The van der Waals surface area contributed by atoms with Crippen LogP contribution in [-0.2, 0) is 11.2 Å². The van der Waals surface area contributed by atoms with Gasteiger partial charge in [-0.2, -0.15) is 0 Å². The van der Waals surface area contributed by atoms with Crippen molar-refractivity contribution in [2.75, 3.05) is 13.2 Å². The smallest absolute Gasteiger partial charge is 0.220 e. The number of hydrogen-bond acceptors (Lipinski definition) is 3. The van der Waals surface area contributed by atoms with E-state index < -0.39 is 0 Å². The van der Waals surface area contributed by atoms with Crippen molar-refractivity contribution < 1.29 is 18.7 Å². The van der Waals surface area contributed by atoms with Crippen LogP contribution in [0.15, 0.2) is 42.5 Å². The third-order valence-electron chi connectivity index (χ3n) is 4.02. The fourth-order valence-electron chi connectivity index (χ4n) is 2.68. The van der Waals surface area contributed by atoms with Gasteiger partial charge >= 0.3 is 0 Å². The van der Waals surface area contributed by atoms with Gasteiger partial charge < -0.3 is 14.8 Å². The SMILES string of the molecule is CCOc1ccc(C(C)NC(=O)CCc2ccccc2F)cc1OCC. The van der Waals surface area contributed by atoms with E-state index in [1.807, 2.05) is 39.0 Å². The van der Waals surface area contributed by atoms with Crippen LogP contribution in [-0.4, -0.2) is 19.1 Å². The van der Waals surface area contributed by atoms with Gasteiger partial charge in [0.05, 0.1) is 19.3 Å². The molecular formula is C21H26FNO3. The average molecular weight is 359 g/mol. The zero-order valence-corrected chi connectivity index (χ0v) is 15.5. The first kappa shape index (κ1) is 19.8. The maximum atomic E-state index is 13.6. The lowest BCUT2D eigenvalue weighted by Gasteiger charge is -2.17. The molecule has 140 valence electrons. The van der Waals surface area contributed by atoms with E-state index in [2.05, 4.69) is 5.32 Å². The fourth-order valence-corrected chi connectivity index (χ4v) is 2.68. The van der Waals surface area contributed by atoms with Crippen LogP contribution in [0.3, 0.4) is 0 Å². The Morgan fingerprint density at radius 1 is 1.08 bits per heavy atom. The maximum absolute atomic E-state index is 13.6. The van der Waals surface area contributed by atoms with Gasteiger partial charge in [-0.1, -0.05) is 24.3 Å². The molecule has 1 atom stereocenters. The topological polar surface area (TPSA) is 47.6 Å². The highest BCUT2D eigenvalue weighted by Gasteiger charge is 2.14. The molecule has 1 amide bonds. The van der Waals surface area contributed by atoms with Gasteiger partial charge in [-0.05, 0) is 56.5 Å². The predicted molar refractivity (Wildman–Crippen MR) is 100 cm³/mol. The molecule has 5 heteroatoms. The molecule has 0 aromatic heterocycles. The van der Waals surface area contributed by atoms with Gasteiger partial charge in [-0.3, -0.25) is 4.79 Å². The van der Waals surface area contributed by atoms with E-state index in [1.165, 1.54) is 6.07 Å². The Bertz CT molecular complexity index is 733. The second-order valence-corrected chi connectivity index (χ2v) is 5.95. The largest absolute Gasteiger partial charge is 0.490 e. The number of carbonyl (C=O) groups excluding carboxylic acids is 1. The highest BCUT2D eigenvalue weighted by atomic mass is 19.1. The Labute approximate surface area is 154 Å². The van der Waals surface area contributed by atoms with Crippen molar-refractivity contribution in [1.82, 2.24) is 5.32 Å². The summed E-state index contributed by atoms with van der Waals surface area (Å²) in [5, 5.41) is 2.95. The molecule has 0 saturated carbocycles. The third kappa shape index (κ3) is 5.48. The molecule has 2 aromatic carbocycles. The molecule has 1 N–H and O–H groups in total. The molecule has 0 heterocycles. The summed E-state index contributed by atoms with van der Waals surface area (Å²) in [5.74, 6) is 0.962. The van der Waals surface area contributed by atoms with E-state index in [0.29, 0.717) is 36.7 Å². The monoisotopic (exact) mass is 359 g/mol. The zero-order valence-electron chi connectivity index (χ0n) is 15.5. The molecule has 0 aliphatic carbocycles. The Morgan fingerprint density at radius 2 is 1.77 bits per heavy atom. The lowest BCUT2D eigenvalue weighted by molar-refractivity contribution is -0.121. The Balaban J connectivity index is 1.97. The van der Waals surface area contributed by atoms with Crippen LogP contribution in [0.1, 0.15) is 44.4 Å². The minimum absolute atomic E-state index is 0.118. The number of benzene rings is 2. The summed E-state index contributed by atoms with van der Waals surface area (Å²) in [6, 6.07) is 12.0. The van der Waals surface area contributed by atoms with Crippen LogP contribution in [0.2, 0.25) is 0 Å². The van der Waals surface area contributed by atoms with E-state index in [0.717, 1.165) is 5.56 Å². The molecule has 26 heavy (non-hydrogen) atoms. The maximum Gasteiger partial charge on any atom is 0.220 e. The third-order valence-corrected chi connectivity index (χ3v) is 4.02. The molecular weight excluding hydrogens is 333 g/mol. The van der Waals surface area contributed by atoms with Crippen LogP contribution < -0.4 is 14.8 Å². The van der Waals surface area contributed by atoms with Crippen LogP contribution in [0.25, 0.3) is 0 Å². The van der Waals surface area contributed by atoms with Crippen molar-refractivity contribution in [3.63, 3.8) is 0 Å². The molecule has 0 saturated heterocycles. The minimum atomic E-state index is -0.277. The molecule has 2 rings (SSSR count). The highest BCUT2D eigenvalue weighted by molar-refractivity contribution is 5.76. The molecule has 0 aliphatic rings. The predicted octanol–water partition coefficient (Wildman–Crippen LogP) is 4.43. The molecule has 0 radical (unpaired) electrons. The molecule has 1 unspecified atom stereocenters. The number of nitrogens with one attached hydrogen (secondary N) is 1. The van der Waals surface area contributed by atoms with Crippen molar-refractivity contribution in [2.24, 2.45) is 0 Å². The lowest BCUT2D eigenvalue weighted by atomic mass is 10.1. The minimum Gasteiger partial charge on any atom is -0.490 e. The number of rotatable bonds is 9. The van der Waals surface area contributed by atoms with Gasteiger partial charge in [0.1, 0.15) is 5.82 Å². The van der Waals surface area contributed by atoms with Crippen LogP contribution >= 0.6 is 0 Å². The van der Waals surface area contributed by atoms with Crippen LogP contribution in [0.5, 0.6) is 11.5 Å². The summed E-state index contributed by atoms with van der Waals surface area (Å²) in [5.41, 5.74) is 1.48. The second-order valence-electron chi connectivity index (χ2n) is 5.95. The van der Waals surface area contributed by atoms with Crippen molar-refractivity contribution in [1.29, 1.82) is 0 Å². The molecule has 4 nitrogen and oxygen atoms in total. The first-order chi connectivity index (χ1) is 12.5. The lowest BCUT2D eigenvalue weighted by Crippen LogP contribution is -2.27. The summed E-state index contributed by atoms with van der Waals surface area (Å²) >= 11 is 0. The number of carbonyl (C=O) groups is 1. The summed E-state index contributed by atoms with van der Waals surface area (Å²) in [6.45, 7) is 6.83. The van der Waals surface area contributed by atoms with E-state index >= 15 is 0 Å². The number of aryl methyl sites for hydroxylation is 1. The standard InChI is InChI=1S/C21H26FNO3/c1-4-25-19-12-10-17(14-20(19)26-5-2)15(3)23-21(24)13-11-16-8-6-7-9-18(16)22/h6-10,12,14-15H,4-5,11,13H2,1-3H3,(H,23,24). The van der Waals surface area contributed by atoms with Crippen LogP contribution in [0.4, 0.5) is 4.39 Å². The van der Waals surface area contributed by atoms with E-state index in [9.17, 15) is 9.18 Å². The highest BCUT2D eigenvalue weighted by Crippen LogP contribution is 2.30.